The normalized spacial score (nSPS) is 15.9. The Morgan fingerprint density at radius 3 is 2.67 bits per heavy atom. The summed E-state index contributed by atoms with van der Waals surface area (Å²) in [6.45, 7) is -0.0256. The summed E-state index contributed by atoms with van der Waals surface area (Å²) in [6.07, 6.45) is 2.09. The molecular formula is C14H15BrClNO4. The van der Waals surface area contributed by atoms with Crippen LogP contribution in [0.1, 0.15) is 19.3 Å². The fourth-order valence-corrected chi connectivity index (χ4v) is 2.92. The topological polar surface area (TPSA) is 75.6 Å². The smallest absolute Gasteiger partial charge is 0.311 e. The lowest BCUT2D eigenvalue weighted by molar-refractivity contribution is -0.154. The van der Waals surface area contributed by atoms with Gasteiger partial charge in [0.05, 0.1) is 9.89 Å². The molecule has 114 valence electrons. The second kappa shape index (κ2) is 6.66. The molecule has 1 amide bonds. The van der Waals surface area contributed by atoms with Crippen LogP contribution in [0, 0.1) is 5.41 Å². The highest BCUT2D eigenvalue weighted by molar-refractivity contribution is 9.10. The molecule has 0 bridgehead atoms. The molecule has 0 unspecified atom stereocenters. The maximum absolute atomic E-state index is 11.7. The van der Waals surface area contributed by atoms with Crippen LogP contribution >= 0.6 is 27.5 Å². The molecule has 1 saturated carbocycles. The summed E-state index contributed by atoms with van der Waals surface area (Å²) >= 11 is 9.10. The van der Waals surface area contributed by atoms with Crippen molar-refractivity contribution in [3.8, 4) is 5.75 Å². The Balaban J connectivity index is 1.81. The number of hydrogen-bond donors (Lipinski definition) is 2. The Kier molecular flexibility index (Phi) is 5.11. The second-order valence-electron chi connectivity index (χ2n) is 5.08. The van der Waals surface area contributed by atoms with E-state index >= 15 is 0 Å². The molecule has 2 N–H and O–H groups in total. The van der Waals surface area contributed by atoms with E-state index in [0.29, 0.717) is 28.1 Å². The first kappa shape index (κ1) is 16.1. The molecule has 1 fully saturated rings. The van der Waals surface area contributed by atoms with Crippen molar-refractivity contribution < 1.29 is 19.4 Å². The van der Waals surface area contributed by atoms with Crippen molar-refractivity contribution in [2.24, 2.45) is 5.41 Å². The van der Waals surface area contributed by atoms with Gasteiger partial charge in [-0.3, -0.25) is 9.59 Å². The second-order valence-corrected chi connectivity index (χ2v) is 6.37. The molecule has 21 heavy (non-hydrogen) atoms. The Bertz CT molecular complexity index is 560. The maximum Gasteiger partial charge on any atom is 0.311 e. The van der Waals surface area contributed by atoms with E-state index < -0.39 is 11.4 Å². The third-order valence-corrected chi connectivity index (χ3v) is 4.50. The van der Waals surface area contributed by atoms with Gasteiger partial charge in [0.15, 0.2) is 6.61 Å². The lowest BCUT2D eigenvalue weighted by Gasteiger charge is -2.37. The molecule has 0 heterocycles. The third kappa shape index (κ3) is 3.89. The number of carbonyl (C=O) groups is 2. The Morgan fingerprint density at radius 1 is 1.43 bits per heavy atom. The van der Waals surface area contributed by atoms with E-state index in [1.54, 1.807) is 18.2 Å². The van der Waals surface area contributed by atoms with Gasteiger partial charge in [0.25, 0.3) is 5.91 Å². The van der Waals surface area contributed by atoms with E-state index in [-0.39, 0.29) is 19.1 Å². The van der Waals surface area contributed by atoms with Crippen LogP contribution < -0.4 is 10.1 Å². The lowest BCUT2D eigenvalue weighted by Crippen LogP contribution is -2.48. The van der Waals surface area contributed by atoms with Crippen LogP contribution in [0.5, 0.6) is 5.75 Å². The summed E-state index contributed by atoms with van der Waals surface area (Å²) in [4.78, 5) is 22.9. The lowest BCUT2D eigenvalue weighted by atomic mass is 9.69. The van der Waals surface area contributed by atoms with Gasteiger partial charge >= 0.3 is 5.97 Å². The summed E-state index contributed by atoms with van der Waals surface area (Å²) in [5.41, 5.74) is -0.795. The molecule has 1 aromatic rings. The van der Waals surface area contributed by atoms with Gasteiger partial charge in [-0.25, -0.2) is 0 Å². The summed E-state index contributed by atoms with van der Waals surface area (Å²) in [7, 11) is 0. The molecule has 1 aromatic carbocycles. The number of carboxylic acids is 1. The molecule has 1 aliphatic rings. The third-order valence-electron chi connectivity index (χ3n) is 3.64. The van der Waals surface area contributed by atoms with Gasteiger partial charge in [0.2, 0.25) is 0 Å². The number of nitrogens with one attached hydrogen (secondary N) is 1. The van der Waals surface area contributed by atoms with Gasteiger partial charge in [-0.2, -0.15) is 0 Å². The first-order chi connectivity index (χ1) is 9.93. The van der Waals surface area contributed by atoms with Gasteiger partial charge in [0.1, 0.15) is 5.75 Å². The zero-order valence-electron chi connectivity index (χ0n) is 11.2. The minimum atomic E-state index is -0.851. The minimum absolute atomic E-state index is 0.145. The van der Waals surface area contributed by atoms with Crippen molar-refractivity contribution in [3.63, 3.8) is 0 Å². The van der Waals surface area contributed by atoms with Gasteiger partial charge in [-0.05, 0) is 47.0 Å². The molecule has 1 aliphatic carbocycles. The standard InChI is InChI=1S/C14H15BrClNO4/c15-10-6-9(16)2-3-11(10)21-7-12(18)17-8-14(13(19)20)4-1-5-14/h2-3,6H,1,4-5,7-8H2,(H,17,18)(H,19,20). The van der Waals surface area contributed by atoms with Crippen LogP contribution in [-0.4, -0.2) is 30.1 Å². The number of aliphatic carboxylic acids is 1. The first-order valence-corrected chi connectivity index (χ1v) is 7.68. The monoisotopic (exact) mass is 375 g/mol. The number of ether oxygens (including phenoxy) is 1. The highest BCUT2D eigenvalue weighted by Gasteiger charge is 2.44. The van der Waals surface area contributed by atoms with E-state index in [1.807, 2.05) is 0 Å². The quantitative estimate of drug-likeness (QED) is 0.800. The van der Waals surface area contributed by atoms with Crippen LogP contribution in [0.4, 0.5) is 0 Å². The number of halogens is 2. The average molecular weight is 377 g/mol. The number of carboxylic acid groups (broad SMARTS) is 1. The van der Waals surface area contributed by atoms with Crippen molar-refractivity contribution in [1.29, 1.82) is 0 Å². The Morgan fingerprint density at radius 2 is 2.14 bits per heavy atom. The average Bonchev–Trinajstić information content (AvgIpc) is 2.36. The molecule has 0 aromatic heterocycles. The Hall–Kier alpha value is -1.27. The number of hydrogen-bond acceptors (Lipinski definition) is 3. The fraction of sp³-hybridized carbons (Fsp3) is 0.429. The van der Waals surface area contributed by atoms with E-state index in [1.165, 1.54) is 0 Å². The van der Waals surface area contributed by atoms with Crippen LogP contribution in [0.3, 0.4) is 0 Å². The largest absolute Gasteiger partial charge is 0.483 e. The molecule has 0 aliphatic heterocycles. The highest BCUT2D eigenvalue weighted by atomic mass is 79.9. The summed E-state index contributed by atoms with van der Waals surface area (Å²) in [6, 6.07) is 4.99. The zero-order chi connectivity index (χ0) is 15.5. The Labute approximate surface area is 135 Å². The fourth-order valence-electron chi connectivity index (χ4n) is 2.12. The van der Waals surface area contributed by atoms with Crippen molar-refractivity contribution >= 4 is 39.4 Å². The van der Waals surface area contributed by atoms with Crippen molar-refractivity contribution in [2.75, 3.05) is 13.2 Å². The number of benzene rings is 1. The molecule has 5 nitrogen and oxygen atoms in total. The molecule has 2 rings (SSSR count). The summed E-state index contributed by atoms with van der Waals surface area (Å²) in [5.74, 6) is -0.689. The van der Waals surface area contributed by atoms with E-state index in [4.69, 9.17) is 21.4 Å². The van der Waals surface area contributed by atoms with Crippen LogP contribution in [0.25, 0.3) is 0 Å². The number of rotatable bonds is 6. The number of carbonyl (C=O) groups excluding carboxylic acids is 1. The van der Waals surface area contributed by atoms with Crippen LogP contribution in [-0.2, 0) is 9.59 Å². The molecule has 0 spiro atoms. The molecule has 0 radical (unpaired) electrons. The van der Waals surface area contributed by atoms with Crippen LogP contribution in [0.15, 0.2) is 22.7 Å². The van der Waals surface area contributed by atoms with Crippen molar-refractivity contribution in [3.05, 3.63) is 27.7 Å². The molecular weight excluding hydrogens is 362 g/mol. The minimum Gasteiger partial charge on any atom is -0.483 e. The summed E-state index contributed by atoms with van der Waals surface area (Å²) < 4.78 is 6.02. The molecule has 0 atom stereocenters. The van der Waals surface area contributed by atoms with E-state index in [9.17, 15) is 9.59 Å². The SMILES string of the molecule is O=C(COc1ccc(Cl)cc1Br)NCC1(C(=O)O)CCC1. The first-order valence-electron chi connectivity index (χ1n) is 6.51. The molecule has 0 saturated heterocycles. The van der Waals surface area contributed by atoms with Crippen molar-refractivity contribution in [2.45, 2.75) is 19.3 Å². The number of amides is 1. The predicted octanol–water partition coefficient (Wildman–Crippen LogP) is 2.85. The zero-order valence-corrected chi connectivity index (χ0v) is 13.5. The van der Waals surface area contributed by atoms with Gasteiger partial charge < -0.3 is 15.2 Å². The molecule has 7 heteroatoms. The highest BCUT2D eigenvalue weighted by Crippen LogP contribution is 2.40. The summed E-state index contributed by atoms with van der Waals surface area (Å²) in [5, 5.41) is 12.3. The van der Waals surface area contributed by atoms with Gasteiger partial charge in [-0.1, -0.05) is 18.0 Å². The maximum atomic E-state index is 11.7. The van der Waals surface area contributed by atoms with Crippen molar-refractivity contribution in [1.82, 2.24) is 5.32 Å². The van der Waals surface area contributed by atoms with E-state index in [0.717, 1.165) is 6.42 Å². The van der Waals surface area contributed by atoms with E-state index in [2.05, 4.69) is 21.2 Å². The predicted molar refractivity (Wildman–Crippen MR) is 81.6 cm³/mol. The van der Waals surface area contributed by atoms with Crippen LogP contribution in [0.2, 0.25) is 5.02 Å². The van der Waals surface area contributed by atoms with Gasteiger partial charge in [-0.15, -0.1) is 0 Å². The van der Waals surface area contributed by atoms with Gasteiger partial charge in [0, 0.05) is 11.6 Å².